The van der Waals surface area contributed by atoms with Crippen LogP contribution in [-0.4, -0.2) is 11.7 Å². The summed E-state index contributed by atoms with van der Waals surface area (Å²) < 4.78 is 13.5. The molecule has 120 valence electrons. The number of rotatable bonds is 6. The fourth-order valence-corrected chi connectivity index (χ4v) is 2.81. The van der Waals surface area contributed by atoms with E-state index < -0.39 is 0 Å². The van der Waals surface area contributed by atoms with Gasteiger partial charge in [-0.2, -0.15) is 0 Å². The van der Waals surface area contributed by atoms with Crippen LogP contribution in [0.25, 0.3) is 10.9 Å². The predicted octanol–water partition coefficient (Wildman–Crippen LogP) is 3.71. The first-order valence-corrected chi connectivity index (χ1v) is 7.83. The molecule has 0 aliphatic heterocycles. The summed E-state index contributed by atoms with van der Waals surface area (Å²) >= 11 is 0. The van der Waals surface area contributed by atoms with Crippen molar-refractivity contribution in [2.75, 3.05) is 7.11 Å². The molecule has 2 aromatic carbocycles. The van der Waals surface area contributed by atoms with Gasteiger partial charge in [0.2, 0.25) is 0 Å². The summed E-state index contributed by atoms with van der Waals surface area (Å²) in [4.78, 5) is 0. The fourth-order valence-electron chi connectivity index (χ4n) is 2.81. The lowest BCUT2D eigenvalue weighted by atomic mass is 10.1. The molecule has 4 nitrogen and oxygen atoms in total. The summed E-state index contributed by atoms with van der Waals surface area (Å²) in [5, 5.41) is 1.21. The Morgan fingerprint density at radius 1 is 1.09 bits per heavy atom. The average Bonchev–Trinajstić information content (AvgIpc) is 2.97. The molecule has 2 N–H and O–H groups in total. The topological polar surface area (TPSA) is 49.4 Å². The minimum absolute atomic E-state index is 0.506. The van der Waals surface area contributed by atoms with E-state index in [0.29, 0.717) is 13.2 Å². The van der Waals surface area contributed by atoms with Gasteiger partial charge in [0.1, 0.15) is 6.61 Å². The van der Waals surface area contributed by atoms with Gasteiger partial charge < -0.3 is 19.8 Å². The molecule has 0 unspecified atom stereocenters. The van der Waals surface area contributed by atoms with Crippen molar-refractivity contribution >= 4 is 10.9 Å². The van der Waals surface area contributed by atoms with Crippen LogP contribution in [0, 0.1) is 0 Å². The van der Waals surface area contributed by atoms with Crippen LogP contribution in [0.1, 0.15) is 18.1 Å². The van der Waals surface area contributed by atoms with E-state index in [-0.39, 0.29) is 0 Å². The molecule has 0 saturated heterocycles. The Morgan fingerprint density at radius 3 is 2.57 bits per heavy atom. The predicted molar refractivity (Wildman–Crippen MR) is 92.8 cm³/mol. The van der Waals surface area contributed by atoms with Gasteiger partial charge in [0.15, 0.2) is 11.5 Å². The van der Waals surface area contributed by atoms with Crippen LogP contribution in [-0.2, 0) is 19.7 Å². The van der Waals surface area contributed by atoms with Gasteiger partial charge in [0.05, 0.1) is 7.11 Å². The highest BCUT2D eigenvalue weighted by atomic mass is 16.5. The second-order valence-electron chi connectivity index (χ2n) is 5.44. The van der Waals surface area contributed by atoms with E-state index >= 15 is 0 Å². The normalized spacial score (nSPS) is 10.9. The standard InChI is InChI=1S/C19H22N2O2/c1-3-21-12-15(16-9-8-14(11-20)10-17(16)21)13-23-19-7-5-4-6-18(19)22-2/h4-10,12H,3,11,13,20H2,1-2H3. The molecule has 0 spiro atoms. The van der Waals surface area contributed by atoms with E-state index in [9.17, 15) is 0 Å². The van der Waals surface area contributed by atoms with E-state index in [2.05, 4.69) is 35.9 Å². The molecule has 0 saturated carbocycles. The molecule has 0 atom stereocenters. The molecule has 4 heteroatoms. The third-order valence-corrected chi connectivity index (χ3v) is 4.06. The van der Waals surface area contributed by atoms with E-state index in [0.717, 1.165) is 29.2 Å². The number of benzene rings is 2. The van der Waals surface area contributed by atoms with Crippen molar-refractivity contribution in [2.24, 2.45) is 5.73 Å². The van der Waals surface area contributed by atoms with Crippen molar-refractivity contribution in [1.29, 1.82) is 0 Å². The van der Waals surface area contributed by atoms with Gasteiger partial charge in [-0.1, -0.05) is 24.3 Å². The van der Waals surface area contributed by atoms with Crippen LogP contribution >= 0.6 is 0 Å². The van der Waals surface area contributed by atoms with Crippen LogP contribution < -0.4 is 15.2 Å². The molecular weight excluding hydrogens is 288 g/mol. The lowest BCUT2D eigenvalue weighted by Gasteiger charge is -2.09. The Kier molecular flexibility index (Phi) is 4.53. The number of aryl methyl sites for hydroxylation is 1. The summed E-state index contributed by atoms with van der Waals surface area (Å²) in [5.74, 6) is 1.50. The lowest BCUT2D eigenvalue weighted by Crippen LogP contribution is -1.97. The molecule has 0 radical (unpaired) electrons. The average molecular weight is 310 g/mol. The number of aromatic nitrogens is 1. The van der Waals surface area contributed by atoms with Crippen LogP contribution in [0.2, 0.25) is 0 Å². The first-order chi connectivity index (χ1) is 11.3. The second-order valence-corrected chi connectivity index (χ2v) is 5.44. The molecule has 3 rings (SSSR count). The number of ether oxygens (including phenoxy) is 2. The molecule has 1 aromatic heterocycles. The van der Waals surface area contributed by atoms with E-state index in [1.807, 2.05) is 24.3 Å². The van der Waals surface area contributed by atoms with Crippen LogP contribution in [0.5, 0.6) is 11.5 Å². The Morgan fingerprint density at radius 2 is 1.87 bits per heavy atom. The quantitative estimate of drug-likeness (QED) is 0.755. The van der Waals surface area contributed by atoms with Crippen molar-refractivity contribution < 1.29 is 9.47 Å². The zero-order chi connectivity index (χ0) is 16.2. The number of hydrogen-bond donors (Lipinski definition) is 1. The smallest absolute Gasteiger partial charge is 0.161 e. The van der Waals surface area contributed by atoms with Gasteiger partial charge in [-0.25, -0.2) is 0 Å². The van der Waals surface area contributed by atoms with Crippen LogP contribution in [0.4, 0.5) is 0 Å². The minimum atomic E-state index is 0.506. The van der Waals surface area contributed by atoms with Gasteiger partial charge in [0.25, 0.3) is 0 Å². The third-order valence-electron chi connectivity index (χ3n) is 4.06. The van der Waals surface area contributed by atoms with Gasteiger partial charge in [-0.15, -0.1) is 0 Å². The van der Waals surface area contributed by atoms with E-state index in [1.54, 1.807) is 7.11 Å². The molecule has 0 amide bonds. The Hall–Kier alpha value is -2.46. The zero-order valence-corrected chi connectivity index (χ0v) is 13.6. The first kappa shape index (κ1) is 15.4. The third kappa shape index (κ3) is 3.03. The first-order valence-electron chi connectivity index (χ1n) is 7.83. The molecule has 0 aliphatic carbocycles. The van der Waals surface area contributed by atoms with Gasteiger partial charge in [0, 0.05) is 35.8 Å². The summed E-state index contributed by atoms with van der Waals surface area (Å²) in [6.07, 6.45) is 2.15. The summed E-state index contributed by atoms with van der Waals surface area (Å²) in [5.41, 5.74) is 9.27. The van der Waals surface area contributed by atoms with Crippen molar-refractivity contribution in [2.45, 2.75) is 26.6 Å². The molecule has 0 aliphatic rings. The molecule has 23 heavy (non-hydrogen) atoms. The summed E-state index contributed by atoms with van der Waals surface area (Å²) in [6.45, 7) is 4.11. The fraction of sp³-hybridized carbons (Fsp3) is 0.263. The van der Waals surface area contributed by atoms with Gasteiger partial charge >= 0.3 is 0 Å². The van der Waals surface area contributed by atoms with E-state index in [4.69, 9.17) is 15.2 Å². The monoisotopic (exact) mass is 310 g/mol. The number of methoxy groups -OCH3 is 1. The van der Waals surface area contributed by atoms with Crippen molar-refractivity contribution in [3.8, 4) is 11.5 Å². The molecular formula is C19H22N2O2. The van der Waals surface area contributed by atoms with Crippen molar-refractivity contribution in [1.82, 2.24) is 4.57 Å². The number of para-hydroxylation sites is 2. The zero-order valence-electron chi connectivity index (χ0n) is 13.6. The molecule has 0 fully saturated rings. The maximum atomic E-state index is 5.97. The second kappa shape index (κ2) is 6.75. The molecule has 1 heterocycles. The maximum Gasteiger partial charge on any atom is 0.161 e. The summed E-state index contributed by atoms with van der Waals surface area (Å²) in [7, 11) is 1.65. The highest BCUT2D eigenvalue weighted by Crippen LogP contribution is 2.29. The number of nitrogens with zero attached hydrogens (tertiary/aromatic N) is 1. The van der Waals surface area contributed by atoms with Gasteiger partial charge in [-0.05, 0) is 30.7 Å². The Bertz CT molecular complexity index is 808. The highest BCUT2D eigenvalue weighted by Gasteiger charge is 2.10. The molecule has 3 aromatic rings. The number of fused-ring (bicyclic) bond motifs is 1. The van der Waals surface area contributed by atoms with Crippen molar-refractivity contribution in [3.05, 3.63) is 59.8 Å². The number of hydrogen-bond acceptors (Lipinski definition) is 3. The molecule has 0 bridgehead atoms. The summed E-state index contributed by atoms with van der Waals surface area (Å²) in [6, 6.07) is 14.1. The Balaban J connectivity index is 1.91. The number of nitrogens with two attached hydrogens (primary N) is 1. The lowest BCUT2D eigenvalue weighted by molar-refractivity contribution is 0.285. The SMILES string of the molecule is CCn1cc(COc2ccccc2OC)c2ccc(CN)cc21. The van der Waals surface area contributed by atoms with Gasteiger partial charge in [-0.3, -0.25) is 0 Å². The minimum Gasteiger partial charge on any atom is -0.493 e. The Labute approximate surface area is 136 Å². The van der Waals surface area contributed by atoms with Crippen LogP contribution in [0.3, 0.4) is 0 Å². The van der Waals surface area contributed by atoms with E-state index in [1.165, 1.54) is 10.9 Å². The highest BCUT2D eigenvalue weighted by molar-refractivity contribution is 5.84. The van der Waals surface area contributed by atoms with Crippen molar-refractivity contribution in [3.63, 3.8) is 0 Å². The largest absolute Gasteiger partial charge is 0.493 e. The maximum absolute atomic E-state index is 5.97. The van der Waals surface area contributed by atoms with Crippen LogP contribution in [0.15, 0.2) is 48.7 Å².